The molecule has 1 aromatic heterocycles. The average Bonchev–Trinajstić information content (AvgIpc) is 3.11. The first-order chi connectivity index (χ1) is 12.3. The molecule has 0 bridgehead atoms. The molecule has 0 atom stereocenters. The summed E-state index contributed by atoms with van der Waals surface area (Å²) in [6.45, 7) is 8.18. The summed E-state index contributed by atoms with van der Waals surface area (Å²) in [6, 6.07) is 8.17. The van der Waals surface area contributed by atoms with E-state index in [2.05, 4.69) is 38.8 Å². The number of hydrogen-bond donors (Lipinski definition) is 0. The van der Waals surface area contributed by atoms with Crippen molar-refractivity contribution in [2.24, 2.45) is 4.99 Å². The average molecular weight is 337 g/mol. The zero-order valence-corrected chi connectivity index (χ0v) is 14.8. The van der Waals surface area contributed by atoms with Crippen molar-refractivity contribution in [3.8, 4) is 5.75 Å². The third kappa shape index (κ3) is 3.09. The Morgan fingerprint density at radius 2 is 1.92 bits per heavy atom. The molecule has 0 unspecified atom stereocenters. The van der Waals surface area contributed by atoms with Crippen molar-refractivity contribution in [2.45, 2.75) is 13.5 Å². The Balaban J connectivity index is 1.60. The van der Waals surface area contributed by atoms with Gasteiger partial charge in [-0.2, -0.15) is 0 Å². The Bertz CT molecular complexity index is 796. The molecule has 1 aromatic carbocycles. The number of fused-ring (bicyclic) bond motifs is 1. The summed E-state index contributed by atoms with van der Waals surface area (Å²) in [5, 5.41) is 0. The minimum atomic E-state index is 0.698. The summed E-state index contributed by atoms with van der Waals surface area (Å²) < 4.78 is 5.36. The van der Waals surface area contributed by atoms with Gasteiger partial charge in [-0.1, -0.05) is 13.0 Å². The van der Waals surface area contributed by atoms with Crippen molar-refractivity contribution in [3.63, 3.8) is 0 Å². The van der Waals surface area contributed by atoms with Crippen LogP contribution in [0.2, 0.25) is 0 Å². The number of aliphatic imine (C=N–C) groups is 1. The van der Waals surface area contributed by atoms with Crippen LogP contribution in [0.5, 0.6) is 5.75 Å². The molecule has 0 radical (unpaired) electrons. The second kappa shape index (κ2) is 6.80. The van der Waals surface area contributed by atoms with Gasteiger partial charge in [-0.3, -0.25) is 4.99 Å². The van der Waals surface area contributed by atoms with Gasteiger partial charge in [0.15, 0.2) is 0 Å². The van der Waals surface area contributed by atoms with Crippen LogP contribution in [0.4, 0.5) is 5.82 Å². The van der Waals surface area contributed by atoms with Crippen molar-refractivity contribution in [2.75, 3.05) is 44.7 Å². The maximum atomic E-state index is 5.36. The first kappa shape index (κ1) is 16.0. The molecule has 1 fully saturated rings. The molecule has 2 aliphatic heterocycles. The van der Waals surface area contributed by atoms with Crippen LogP contribution in [0.25, 0.3) is 0 Å². The lowest BCUT2D eigenvalue weighted by molar-refractivity contribution is 0.270. The Kier molecular flexibility index (Phi) is 4.36. The quantitative estimate of drug-likeness (QED) is 0.854. The number of methoxy groups -OCH3 is 1. The molecule has 130 valence electrons. The molecule has 0 amide bonds. The highest BCUT2D eigenvalue weighted by molar-refractivity contribution is 6.14. The van der Waals surface area contributed by atoms with E-state index in [1.807, 2.05) is 12.1 Å². The number of hydrogen-bond acceptors (Lipinski definition) is 6. The lowest BCUT2D eigenvalue weighted by Gasteiger charge is -2.34. The number of benzene rings is 1. The van der Waals surface area contributed by atoms with Crippen LogP contribution in [0.15, 0.2) is 35.6 Å². The van der Waals surface area contributed by atoms with Crippen LogP contribution in [0, 0.1) is 0 Å². The van der Waals surface area contributed by atoms with E-state index in [0.717, 1.165) is 61.3 Å². The maximum absolute atomic E-state index is 5.36. The van der Waals surface area contributed by atoms with E-state index < -0.39 is 0 Å². The Morgan fingerprint density at radius 3 is 2.68 bits per heavy atom. The molecule has 25 heavy (non-hydrogen) atoms. The fraction of sp³-hybridized carbons (Fsp3) is 0.421. The molecule has 0 saturated carbocycles. The summed E-state index contributed by atoms with van der Waals surface area (Å²) in [6.07, 6.45) is 1.65. The Hall–Kier alpha value is -2.47. The van der Waals surface area contributed by atoms with Crippen LogP contribution in [-0.2, 0) is 6.54 Å². The van der Waals surface area contributed by atoms with Gasteiger partial charge in [-0.05, 0) is 24.2 Å². The first-order valence-corrected chi connectivity index (χ1v) is 8.80. The normalized spacial score (nSPS) is 17.4. The molecule has 2 aromatic rings. The van der Waals surface area contributed by atoms with Gasteiger partial charge in [0.05, 0.1) is 25.1 Å². The highest BCUT2D eigenvalue weighted by Gasteiger charge is 2.22. The number of anilines is 1. The van der Waals surface area contributed by atoms with E-state index in [4.69, 9.17) is 9.73 Å². The number of rotatable bonds is 4. The molecule has 0 N–H and O–H groups in total. The second-order valence-electron chi connectivity index (χ2n) is 6.37. The smallest absolute Gasteiger partial charge is 0.132 e. The molecule has 6 nitrogen and oxygen atoms in total. The molecule has 2 aliphatic rings. The van der Waals surface area contributed by atoms with Crippen molar-refractivity contribution in [1.29, 1.82) is 0 Å². The summed E-state index contributed by atoms with van der Waals surface area (Å²) in [5.41, 5.74) is 4.15. The van der Waals surface area contributed by atoms with Crippen molar-refractivity contribution in [3.05, 3.63) is 47.4 Å². The predicted octanol–water partition coefficient (Wildman–Crippen LogP) is 1.98. The second-order valence-corrected chi connectivity index (χ2v) is 6.37. The van der Waals surface area contributed by atoms with Gasteiger partial charge in [0.1, 0.15) is 17.9 Å². The maximum Gasteiger partial charge on any atom is 0.132 e. The number of likely N-dealkylation sites (N-methyl/N-ethyl adjacent to an activating group) is 1. The van der Waals surface area contributed by atoms with Crippen molar-refractivity contribution < 1.29 is 4.74 Å². The third-order valence-electron chi connectivity index (χ3n) is 5.02. The molecule has 0 aliphatic carbocycles. The van der Waals surface area contributed by atoms with E-state index in [9.17, 15) is 0 Å². The molecular weight excluding hydrogens is 314 g/mol. The summed E-state index contributed by atoms with van der Waals surface area (Å²) in [5.74, 6) is 1.83. The summed E-state index contributed by atoms with van der Waals surface area (Å²) >= 11 is 0. The zero-order valence-electron chi connectivity index (χ0n) is 14.8. The predicted molar refractivity (Wildman–Crippen MR) is 98.7 cm³/mol. The van der Waals surface area contributed by atoms with Gasteiger partial charge in [-0.15, -0.1) is 0 Å². The largest absolute Gasteiger partial charge is 0.497 e. The van der Waals surface area contributed by atoms with Crippen LogP contribution in [-0.4, -0.2) is 60.4 Å². The highest BCUT2D eigenvalue weighted by atomic mass is 16.5. The molecule has 3 heterocycles. The fourth-order valence-corrected chi connectivity index (χ4v) is 3.45. The Morgan fingerprint density at radius 1 is 1.08 bits per heavy atom. The topological polar surface area (TPSA) is 53.9 Å². The number of nitrogens with zero attached hydrogens (tertiary/aromatic N) is 5. The van der Waals surface area contributed by atoms with E-state index in [1.165, 1.54) is 5.56 Å². The molecule has 1 saturated heterocycles. The fourth-order valence-electron chi connectivity index (χ4n) is 3.45. The van der Waals surface area contributed by atoms with Crippen LogP contribution < -0.4 is 9.64 Å². The van der Waals surface area contributed by atoms with Crippen molar-refractivity contribution in [1.82, 2.24) is 14.9 Å². The van der Waals surface area contributed by atoms with Crippen molar-refractivity contribution >= 4 is 11.5 Å². The van der Waals surface area contributed by atoms with Crippen LogP contribution >= 0.6 is 0 Å². The van der Waals surface area contributed by atoms with E-state index in [-0.39, 0.29) is 0 Å². The summed E-state index contributed by atoms with van der Waals surface area (Å²) in [4.78, 5) is 18.5. The highest BCUT2D eigenvalue weighted by Crippen LogP contribution is 2.27. The monoisotopic (exact) mass is 337 g/mol. The van der Waals surface area contributed by atoms with E-state index in [1.54, 1.807) is 13.4 Å². The van der Waals surface area contributed by atoms with Gasteiger partial charge in [0, 0.05) is 37.8 Å². The van der Waals surface area contributed by atoms with E-state index in [0.29, 0.717) is 6.54 Å². The molecule has 4 rings (SSSR count). The molecule has 6 heteroatoms. The molecular formula is C19H23N5O. The van der Waals surface area contributed by atoms with Crippen LogP contribution in [0.3, 0.4) is 0 Å². The SMILES string of the molecule is CCN1CCN(c2cc(C3=NCc4ccc(OC)cc43)ncn2)CC1. The minimum absolute atomic E-state index is 0.698. The molecule has 0 spiro atoms. The number of piperazine rings is 1. The van der Waals surface area contributed by atoms with Gasteiger partial charge in [-0.25, -0.2) is 9.97 Å². The van der Waals surface area contributed by atoms with Crippen LogP contribution in [0.1, 0.15) is 23.7 Å². The summed E-state index contributed by atoms with van der Waals surface area (Å²) in [7, 11) is 1.69. The first-order valence-electron chi connectivity index (χ1n) is 8.80. The Labute approximate surface area is 148 Å². The van der Waals surface area contributed by atoms with E-state index >= 15 is 0 Å². The standard InChI is InChI=1S/C19H23N5O/c1-3-23-6-8-24(9-7-23)18-11-17(21-13-22-18)19-16-10-15(25-2)5-4-14(16)12-20-19/h4-5,10-11,13H,3,6-9,12H2,1-2H3. The third-order valence-corrected chi connectivity index (χ3v) is 5.02. The van der Waals surface area contributed by atoms with Gasteiger partial charge >= 0.3 is 0 Å². The lowest BCUT2D eigenvalue weighted by atomic mass is 10.0. The minimum Gasteiger partial charge on any atom is -0.497 e. The zero-order chi connectivity index (χ0) is 17.2. The van der Waals surface area contributed by atoms with Gasteiger partial charge in [0.2, 0.25) is 0 Å². The number of ether oxygens (including phenoxy) is 1. The lowest BCUT2D eigenvalue weighted by Crippen LogP contribution is -2.46. The van der Waals surface area contributed by atoms with Gasteiger partial charge < -0.3 is 14.5 Å². The van der Waals surface area contributed by atoms with Gasteiger partial charge in [0.25, 0.3) is 0 Å². The number of aromatic nitrogens is 2.